The van der Waals surface area contributed by atoms with E-state index >= 15 is 0 Å². The fourth-order valence-electron chi connectivity index (χ4n) is 2.23. The van der Waals surface area contributed by atoms with Gasteiger partial charge in [-0.25, -0.2) is 0 Å². The summed E-state index contributed by atoms with van der Waals surface area (Å²) in [6.07, 6.45) is 5.77. The Morgan fingerprint density at radius 2 is 1.90 bits per heavy atom. The van der Waals surface area contributed by atoms with Gasteiger partial charge in [-0.05, 0) is 65.3 Å². The van der Waals surface area contributed by atoms with E-state index in [1.807, 2.05) is 41.3 Å². The quantitative estimate of drug-likeness (QED) is 0.764. The van der Waals surface area contributed by atoms with Crippen LogP contribution < -0.4 is 0 Å². The summed E-state index contributed by atoms with van der Waals surface area (Å²) in [5.74, 6) is 0.134. The summed E-state index contributed by atoms with van der Waals surface area (Å²) < 4.78 is 1.01. The molecule has 1 aromatic heterocycles. The highest BCUT2D eigenvalue weighted by Gasteiger charge is 2.33. The van der Waals surface area contributed by atoms with Crippen LogP contribution in [0.5, 0.6) is 0 Å². The molecule has 102 valence electrons. The summed E-state index contributed by atoms with van der Waals surface area (Å²) in [5, 5.41) is 0. The van der Waals surface area contributed by atoms with E-state index in [4.69, 9.17) is 0 Å². The van der Waals surface area contributed by atoms with Gasteiger partial charge in [0.1, 0.15) is 0 Å². The Labute approximate surface area is 132 Å². The number of rotatable bonds is 4. The van der Waals surface area contributed by atoms with Gasteiger partial charge in [0.25, 0.3) is 5.91 Å². The number of hydrogen-bond donors (Lipinski definition) is 0. The lowest BCUT2D eigenvalue weighted by atomic mass is 10.1. The first-order valence-electron chi connectivity index (χ1n) is 6.70. The third kappa shape index (κ3) is 3.00. The van der Waals surface area contributed by atoms with E-state index in [-0.39, 0.29) is 5.91 Å². The zero-order chi connectivity index (χ0) is 13.9. The Morgan fingerprint density at radius 3 is 2.55 bits per heavy atom. The van der Waals surface area contributed by atoms with E-state index in [0.717, 1.165) is 27.5 Å². The molecule has 0 bridgehead atoms. The van der Waals surface area contributed by atoms with Crippen LogP contribution in [0.15, 0.2) is 48.8 Å². The molecule has 0 saturated heterocycles. The molecule has 1 heterocycles. The third-order valence-corrected chi connectivity index (χ3v) is 4.40. The number of pyridine rings is 1. The van der Waals surface area contributed by atoms with Crippen LogP contribution in [0, 0.1) is 3.57 Å². The molecule has 3 rings (SSSR count). The Hall–Kier alpha value is -1.43. The molecule has 0 spiro atoms. The first-order chi connectivity index (χ1) is 9.75. The van der Waals surface area contributed by atoms with Gasteiger partial charge in [0.2, 0.25) is 0 Å². The van der Waals surface area contributed by atoms with Gasteiger partial charge in [-0.15, -0.1) is 0 Å². The Morgan fingerprint density at radius 1 is 1.20 bits per heavy atom. The Bertz CT molecular complexity index is 611. The summed E-state index contributed by atoms with van der Waals surface area (Å²) in [6, 6.07) is 12.1. The van der Waals surface area contributed by atoms with Crippen LogP contribution in [0.2, 0.25) is 0 Å². The molecule has 1 amide bonds. The molecule has 2 aromatic rings. The highest BCUT2D eigenvalue weighted by atomic mass is 127. The molecule has 0 N–H and O–H groups in total. The van der Waals surface area contributed by atoms with Crippen LogP contribution in [0.4, 0.5) is 0 Å². The molecule has 20 heavy (non-hydrogen) atoms. The van der Waals surface area contributed by atoms with Crippen LogP contribution in [-0.4, -0.2) is 21.8 Å². The van der Waals surface area contributed by atoms with Crippen LogP contribution in [0.1, 0.15) is 28.8 Å². The zero-order valence-corrected chi connectivity index (χ0v) is 13.2. The van der Waals surface area contributed by atoms with Gasteiger partial charge in [0, 0.05) is 28.6 Å². The van der Waals surface area contributed by atoms with Crippen LogP contribution in [0.3, 0.4) is 0 Å². The largest absolute Gasteiger partial charge is 0.331 e. The van der Waals surface area contributed by atoms with Crippen molar-refractivity contribution in [3.8, 4) is 0 Å². The van der Waals surface area contributed by atoms with Gasteiger partial charge in [-0.2, -0.15) is 0 Å². The summed E-state index contributed by atoms with van der Waals surface area (Å²) >= 11 is 2.23. The Balaban J connectivity index is 1.84. The van der Waals surface area contributed by atoms with Crippen LogP contribution >= 0.6 is 22.6 Å². The van der Waals surface area contributed by atoms with Crippen molar-refractivity contribution >= 4 is 28.5 Å². The number of benzene rings is 1. The number of amides is 1. The maximum Gasteiger partial charge on any atom is 0.255 e. The fraction of sp³-hybridized carbons (Fsp3) is 0.250. The number of aromatic nitrogens is 1. The van der Waals surface area contributed by atoms with E-state index in [0.29, 0.717) is 12.6 Å². The van der Waals surface area contributed by atoms with E-state index in [9.17, 15) is 4.79 Å². The maximum absolute atomic E-state index is 12.8. The number of hydrogen-bond acceptors (Lipinski definition) is 2. The van der Waals surface area contributed by atoms with Gasteiger partial charge >= 0.3 is 0 Å². The summed E-state index contributed by atoms with van der Waals surface area (Å²) in [5.41, 5.74) is 1.93. The molecule has 1 aliphatic rings. The molecule has 1 aliphatic carbocycles. The second-order valence-electron chi connectivity index (χ2n) is 5.00. The first kappa shape index (κ1) is 13.5. The topological polar surface area (TPSA) is 33.2 Å². The normalized spacial score (nSPS) is 14.1. The molecule has 3 nitrogen and oxygen atoms in total. The monoisotopic (exact) mass is 378 g/mol. The minimum absolute atomic E-state index is 0.134. The van der Waals surface area contributed by atoms with Crippen molar-refractivity contribution in [2.45, 2.75) is 25.4 Å². The van der Waals surface area contributed by atoms with Crippen molar-refractivity contribution in [3.63, 3.8) is 0 Å². The second-order valence-corrected chi connectivity index (χ2v) is 6.16. The summed E-state index contributed by atoms with van der Waals surface area (Å²) in [6.45, 7) is 0.664. The highest BCUT2D eigenvalue weighted by Crippen LogP contribution is 2.30. The molecule has 0 unspecified atom stereocenters. The van der Waals surface area contributed by atoms with E-state index in [1.165, 1.54) is 0 Å². The molecule has 0 radical (unpaired) electrons. The molecule has 1 fully saturated rings. The van der Waals surface area contributed by atoms with Crippen LogP contribution in [0.25, 0.3) is 0 Å². The predicted octanol–water partition coefficient (Wildman–Crippen LogP) is 3.49. The van der Waals surface area contributed by atoms with Crippen molar-refractivity contribution in [2.24, 2.45) is 0 Å². The fourth-order valence-corrected chi connectivity index (χ4v) is 2.85. The van der Waals surface area contributed by atoms with E-state index in [2.05, 4.69) is 27.6 Å². The number of carbonyl (C=O) groups excluding carboxylic acids is 1. The van der Waals surface area contributed by atoms with Crippen molar-refractivity contribution in [1.29, 1.82) is 0 Å². The molecule has 4 heteroatoms. The Kier molecular flexibility index (Phi) is 4.00. The second kappa shape index (κ2) is 5.91. The standard InChI is InChI=1S/C16H15IN2O/c17-15-4-2-1-3-14(15)16(20)19(13-5-6-13)11-12-7-9-18-10-8-12/h1-4,7-10,13H,5-6,11H2. The highest BCUT2D eigenvalue weighted by molar-refractivity contribution is 14.1. The molecular weight excluding hydrogens is 363 g/mol. The SMILES string of the molecule is O=C(c1ccccc1I)N(Cc1ccncc1)C1CC1. The summed E-state index contributed by atoms with van der Waals surface area (Å²) in [7, 11) is 0. The average molecular weight is 378 g/mol. The van der Waals surface area contributed by atoms with Crippen LogP contribution in [-0.2, 0) is 6.54 Å². The minimum atomic E-state index is 0.134. The average Bonchev–Trinajstić information content (AvgIpc) is 3.30. The number of nitrogens with zero attached hydrogens (tertiary/aromatic N) is 2. The molecule has 1 aromatic carbocycles. The van der Waals surface area contributed by atoms with Gasteiger partial charge in [0.05, 0.1) is 5.56 Å². The van der Waals surface area contributed by atoms with Gasteiger partial charge in [-0.1, -0.05) is 12.1 Å². The summed E-state index contributed by atoms with van der Waals surface area (Å²) in [4.78, 5) is 18.8. The lowest BCUT2D eigenvalue weighted by Gasteiger charge is -2.23. The first-order valence-corrected chi connectivity index (χ1v) is 7.78. The van der Waals surface area contributed by atoms with Crippen molar-refractivity contribution < 1.29 is 4.79 Å². The van der Waals surface area contributed by atoms with Crippen molar-refractivity contribution in [3.05, 3.63) is 63.5 Å². The molecule has 1 saturated carbocycles. The number of carbonyl (C=O) groups is 1. The lowest BCUT2D eigenvalue weighted by molar-refractivity contribution is 0.0729. The van der Waals surface area contributed by atoms with Crippen molar-refractivity contribution in [1.82, 2.24) is 9.88 Å². The van der Waals surface area contributed by atoms with E-state index < -0.39 is 0 Å². The van der Waals surface area contributed by atoms with Gasteiger partial charge in [-0.3, -0.25) is 9.78 Å². The molecule has 0 aliphatic heterocycles. The maximum atomic E-state index is 12.8. The number of halogens is 1. The predicted molar refractivity (Wildman–Crippen MR) is 86.3 cm³/mol. The molecular formula is C16H15IN2O. The third-order valence-electron chi connectivity index (χ3n) is 3.46. The van der Waals surface area contributed by atoms with Gasteiger partial charge in [0.15, 0.2) is 0 Å². The molecule has 0 atom stereocenters. The smallest absolute Gasteiger partial charge is 0.255 e. The van der Waals surface area contributed by atoms with E-state index in [1.54, 1.807) is 12.4 Å². The lowest BCUT2D eigenvalue weighted by Crippen LogP contribution is -2.33. The van der Waals surface area contributed by atoms with Gasteiger partial charge < -0.3 is 4.90 Å². The van der Waals surface area contributed by atoms with Crippen molar-refractivity contribution in [2.75, 3.05) is 0 Å². The zero-order valence-electron chi connectivity index (χ0n) is 11.0. The minimum Gasteiger partial charge on any atom is -0.331 e.